The summed E-state index contributed by atoms with van der Waals surface area (Å²) in [6.45, 7) is 5.61. The molecule has 0 aromatic heterocycles. The van der Waals surface area contributed by atoms with Crippen molar-refractivity contribution in [3.05, 3.63) is 47.4 Å². The highest BCUT2D eigenvalue weighted by molar-refractivity contribution is 8.26. The molecule has 0 unspecified atom stereocenters. The Balaban J connectivity index is 2.32. The second kappa shape index (κ2) is 8.12. The Bertz CT molecular complexity index is 714. The Morgan fingerprint density at radius 2 is 2.21 bits per heavy atom. The van der Waals surface area contributed by atoms with Crippen LogP contribution < -0.4 is 9.84 Å². The minimum Gasteiger partial charge on any atom is -0.548 e. The summed E-state index contributed by atoms with van der Waals surface area (Å²) in [4.78, 5) is 25.2. The molecule has 1 aromatic carbocycles. The van der Waals surface area contributed by atoms with Crippen LogP contribution in [0, 0.1) is 0 Å². The van der Waals surface area contributed by atoms with Crippen molar-refractivity contribution >= 4 is 46.3 Å². The molecule has 0 bridgehead atoms. The number of para-hydroxylation sites is 1. The minimum atomic E-state index is -1.32. The zero-order valence-electron chi connectivity index (χ0n) is 13.1. The molecule has 0 spiro atoms. The van der Waals surface area contributed by atoms with E-state index in [-0.39, 0.29) is 10.7 Å². The normalized spacial score (nSPS) is 17.2. The number of amides is 1. The summed E-state index contributed by atoms with van der Waals surface area (Å²) in [6, 6.07) is 6.18. The highest BCUT2D eigenvalue weighted by Crippen LogP contribution is 2.35. The zero-order valence-corrected chi connectivity index (χ0v) is 14.7. The molecule has 1 amide bonds. The molecule has 1 aromatic rings. The van der Waals surface area contributed by atoms with Crippen molar-refractivity contribution < 1.29 is 19.4 Å². The van der Waals surface area contributed by atoms with E-state index < -0.39 is 17.9 Å². The SMILES string of the molecule is C=CCOc1ccccc1/C=C1\SC(=S)N([C@H](CC)C(=O)[O-])C1=O. The standard InChI is InChI=1S/C17H17NO4S2/c1-3-9-22-13-8-6-5-7-11(13)10-14-15(19)18(17(23)24-14)12(4-2)16(20)21/h3,5-8,10,12H,1,4,9H2,2H3,(H,20,21)/p-1/b14-10-/t12-/m1/s1. The number of aliphatic carboxylic acids is 1. The van der Waals surface area contributed by atoms with Gasteiger partial charge in [-0.25, -0.2) is 0 Å². The summed E-state index contributed by atoms with van der Waals surface area (Å²) < 4.78 is 5.77. The fourth-order valence-electron chi connectivity index (χ4n) is 2.22. The van der Waals surface area contributed by atoms with Crippen molar-refractivity contribution in [3.8, 4) is 5.75 Å². The molecule has 126 valence electrons. The number of ether oxygens (including phenoxy) is 1. The highest BCUT2D eigenvalue weighted by Gasteiger charge is 2.37. The number of carbonyl (C=O) groups excluding carboxylic acids is 2. The monoisotopic (exact) mass is 362 g/mol. The fraction of sp³-hybridized carbons (Fsp3) is 0.235. The van der Waals surface area contributed by atoms with Gasteiger partial charge >= 0.3 is 0 Å². The maximum absolute atomic E-state index is 12.6. The molecule has 7 heteroatoms. The summed E-state index contributed by atoms with van der Waals surface area (Å²) in [5.74, 6) is -1.14. The van der Waals surface area contributed by atoms with E-state index in [9.17, 15) is 14.7 Å². The van der Waals surface area contributed by atoms with E-state index in [2.05, 4.69) is 6.58 Å². The molecular weight excluding hydrogens is 346 g/mol. The number of benzene rings is 1. The van der Waals surface area contributed by atoms with Crippen LogP contribution in [-0.2, 0) is 9.59 Å². The minimum absolute atomic E-state index is 0.215. The topological polar surface area (TPSA) is 69.7 Å². The fourth-order valence-corrected chi connectivity index (χ4v) is 3.57. The van der Waals surface area contributed by atoms with Gasteiger partial charge < -0.3 is 14.6 Å². The quantitative estimate of drug-likeness (QED) is 0.420. The third kappa shape index (κ3) is 3.85. The van der Waals surface area contributed by atoms with E-state index in [1.807, 2.05) is 12.1 Å². The summed E-state index contributed by atoms with van der Waals surface area (Å²) >= 11 is 6.24. The smallest absolute Gasteiger partial charge is 0.266 e. The average molecular weight is 362 g/mol. The third-order valence-corrected chi connectivity index (χ3v) is 4.69. The molecule has 1 fully saturated rings. The molecule has 1 aliphatic heterocycles. The van der Waals surface area contributed by atoms with Gasteiger partial charge in [-0.3, -0.25) is 9.69 Å². The maximum Gasteiger partial charge on any atom is 0.266 e. The summed E-state index contributed by atoms with van der Waals surface area (Å²) in [6.07, 6.45) is 3.50. The van der Waals surface area contributed by atoms with Crippen LogP contribution in [0.15, 0.2) is 41.8 Å². The van der Waals surface area contributed by atoms with Crippen molar-refractivity contribution in [2.45, 2.75) is 19.4 Å². The van der Waals surface area contributed by atoms with Crippen LogP contribution in [0.2, 0.25) is 0 Å². The van der Waals surface area contributed by atoms with Gasteiger partial charge in [-0.1, -0.05) is 61.8 Å². The first-order chi connectivity index (χ1) is 11.5. The molecule has 1 saturated heterocycles. The van der Waals surface area contributed by atoms with E-state index in [4.69, 9.17) is 17.0 Å². The van der Waals surface area contributed by atoms with E-state index in [0.29, 0.717) is 22.8 Å². The van der Waals surface area contributed by atoms with E-state index >= 15 is 0 Å². The molecule has 0 N–H and O–H groups in total. The van der Waals surface area contributed by atoms with Gasteiger partial charge in [0.15, 0.2) is 0 Å². The molecule has 1 aliphatic rings. The maximum atomic E-state index is 12.6. The number of carbonyl (C=O) groups is 2. The first kappa shape index (κ1) is 18.2. The Hall–Kier alpha value is -2.12. The summed E-state index contributed by atoms with van der Waals surface area (Å²) in [5.41, 5.74) is 0.710. The van der Waals surface area contributed by atoms with Gasteiger partial charge in [0.25, 0.3) is 5.91 Å². The van der Waals surface area contributed by atoms with Gasteiger partial charge in [-0.05, 0) is 18.6 Å². The molecular formula is C17H16NO4S2-. The van der Waals surface area contributed by atoms with Gasteiger partial charge in [-0.2, -0.15) is 0 Å². The predicted octanol–water partition coefficient (Wildman–Crippen LogP) is 1.98. The lowest BCUT2D eigenvalue weighted by molar-refractivity contribution is -0.310. The lowest BCUT2D eigenvalue weighted by Crippen LogP contribution is -2.49. The average Bonchev–Trinajstić information content (AvgIpc) is 2.82. The van der Waals surface area contributed by atoms with Gasteiger partial charge in [0, 0.05) is 5.56 Å². The van der Waals surface area contributed by atoms with Crippen LogP contribution in [0.3, 0.4) is 0 Å². The van der Waals surface area contributed by atoms with Crippen LogP contribution in [0.4, 0.5) is 0 Å². The van der Waals surface area contributed by atoms with Crippen LogP contribution in [-0.4, -0.2) is 33.7 Å². The number of thiocarbonyl (C=S) groups is 1. The molecule has 1 heterocycles. The zero-order chi connectivity index (χ0) is 17.7. The molecule has 2 rings (SSSR count). The van der Waals surface area contributed by atoms with Crippen molar-refractivity contribution in [1.29, 1.82) is 0 Å². The van der Waals surface area contributed by atoms with Crippen LogP contribution in [0.1, 0.15) is 18.9 Å². The molecule has 0 saturated carbocycles. The Labute approximate surface area is 150 Å². The Kier molecular flexibility index (Phi) is 6.16. The largest absolute Gasteiger partial charge is 0.548 e. The number of carboxylic acid groups (broad SMARTS) is 1. The van der Waals surface area contributed by atoms with Gasteiger partial charge in [0.1, 0.15) is 16.7 Å². The molecule has 0 radical (unpaired) electrons. The number of hydrogen-bond donors (Lipinski definition) is 0. The predicted molar refractivity (Wildman–Crippen MR) is 96.2 cm³/mol. The Morgan fingerprint density at radius 3 is 2.83 bits per heavy atom. The van der Waals surface area contributed by atoms with Crippen LogP contribution in [0.5, 0.6) is 5.75 Å². The number of thioether (sulfide) groups is 1. The van der Waals surface area contributed by atoms with Gasteiger partial charge in [0.2, 0.25) is 0 Å². The lowest BCUT2D eigenvalue weighted by atomic mass is 10.1. The van der Waals surface area contributed by atoms with E-state index in [1.54, 1.807) is 31.2 Å². The van der Waals surface area contributed by atoms with Crippen LogP contribution in [0.25, 0.3) is 6.08 Å². The van der Waals surface area contributed by atoms with Gasteiger partial charge in [-0.15, -0.1) is 0 Å². The van der Waals surface area contributed by atoms with Crippen molar-refractivity contribution in [2.24, 2.45) is 0 Å². The number of rotatable bonds is 7. The third-order valence-electron chi connectivity index (χ3n) is 3.36. The number of nitrogens with zero attached hydrogens (tertiary/aromatic N) is 1. The van der Waals surface area contributed by atoms with Gasteiger partial charge in [0.05, 0.1) is 16.9 Å². The van der Waals surface area contributed by atoms with Crippen molar-refractivity contribution in [3.63, 3.8) is 0 Å². The van der Waals surface area contributed by atoms with E-state index in [0.717, 1.165) is 16.7 Å². The van der Waals surface area contributed by atoms with Crippen molar-refractivity contribution in [2.75, 3.05) is 6.61 Å². The van der Waals surface area contributed by atoms with E-state index in [1.165, 1.54) is 0 Å². The summed E-state index contributed by atoms with van der Waals surface area (Å²) in [5, 5.41) is 11.2. The Morgan fingerprint density at radius 1 is 1.50 bits per heavy atom. The first-order valence-corrected chi connectivity index (χ1v) is 8.52. The number of hydrogen-bond acceptors (Lipinski definition) is 6. The lowest BCUT2D eigenvalue weighted by Gasteiger charge is -2.26. The second-order valence-corrected chi connectivity index (χ2v) is 6.61. The first-order valence-electron chi connectivity index (χ1n) is 7.30. The highest BCUT2D eigenvalue weighted by atomic mass is 32.2. The summed E-state index contributed by atoms with van der Waals surface area (Å²) in [7, 11) is 0. The number of carboxylic acids is 1. The molecule has 5 nitrogen and oxygen atoms in total. The van der Waals surface area contributed by atoms with Crippen molar-refractivity contribution in [1.82, 2.24) is 4.90 Å². The molecule has 1 atom stereocenters. The molecule has 0 aliphatic carbocycles. The van der Waals surface area contributed by atoms with Crippen LogP contribution >= 0.6 is 24.0 Å². The molecule has 24 heavy (non-hydrogen) atoms. The second-order valence-electron chi connectivity index (χ2n) is 4.93.